The zero-order valence-electron chi connectivity index (χ0n) is 7.59. The molecule has 3 nitrogen and oxygen atoms in total. The second-order valence-electron chi connectivity index (χ2n) is 2.53. The third kappa shape index (κ3) is 4.10. The molecular formula is C10H7BrINO2. The van der Waals surface area contributed by atoms with Crippen molar-refractivity contribution in [2.45, 2.75) is 0 Å². The second kappa shape index (κ2) is 5.98. The Kier molecular flexibility index (Phi) is 4.91. The van der Waals surface area contributed by atoms with Crippen LogP contribution in [0.2, 0.25) is 0 Å². The predicted octanol–water partition coefficient (Wildman–Crippen LogP) is 3.24. The highest BCUT2D eigenvalue weighted by molar-refractivity contribution is 14.1. The Morgan fingerprint density at radius 3 is 3.00 bits per heavy atom. The van der Waals surface area contributed by atoms with E-state index in [-0.39, 0.29) is 6.61 Å². The quantitative estimate of drug-likeness (QED) is 0.632. The van der Waals surface area contributed by atoms with Gasteiger partial charge < -0.3 is 4.74 Å². The normalized spacial score (nSPS) is 9.13. The number of ether oxygens (including phenoxy) is 1. The smallest absolute Gasteiger partial charge is 0.412 e. The van der Waals surface area contributed by atoms with Crippen molar-refractivity contribution in [3.63, 3.8) is 0 Å². The van der Waals surface area contributed by atoms with Crippen LogP contribution in [0.4, 0.5) is 10.5 Å². The molecule has 1 rings (SSSR count). The summed E-state index contributed by atoms with van der Waals surface area (Å²) >= 11 is 5.54. The van der Waals surface area contributed by atoms with E-state index in [9.17, 15) is 4.79 Å². The third-order valence-corrected chi connectivity index (χ3v) is 3.79. The topological polar surface area (TPSA) is 38.3 Å². The summed E-state index contributed by atoms with van der Waals surface area (Å²) in [6.07, 6.45) is 4.40. The van der Waals surface area contributed by atoms with E-state index in [2.05, 4.69) is 54.5 Å². The zero-order valence-corrected chi connectivity index (χ0v) is 11.3. The first-order valence-electron chi connectivity index (χ1n) is 3.96. The number of hydrogen-bond donors (Lipinski definition) is 1. The van der Waals surface area contributed by atoms with Crippen LogP contribution in [0.3, 0.4) is 0 Å². The molecule has 0 aliphatic rings. The van der Waals surface area contributed by atoms with Crippen LogP contribution in [-0.2, 0) is 4.74 Å². The van der Waals surface area contributed by atoms with Crippen molar-refractivity contribution in [2.75, 3.05) is 11.9 Å². The van der Waals surface area contributed by atoms with E-state index >= 15 is 0 Å². The van der Waals surface area contributed by atoms with Gasteiger partial charge in [0.05, 0.1) is 0 Å². The molecule has 0 radical (unpaired) electrons. The molecule has 15 heavy (non-hydrogen) atoms. The summed E-state index contributed by atoms with van der Waals surface area (Å²) in [5.74, 6) is 2.21. The minimum atomic E-state index is -0.555. The number of carbonyl (C=O) groups excluding carboxylic acids is 1. The Morgan fingerprint density at radius 1 is 1.67 bits per heavy atom. The number of halogens is 2. The van der Waals surface area contributed by atoms with E-state index in [1.54, 1.807) is 12.1 Å². The van der Waals surface area contributed by atoms with Gasteiger partial charge in [0.15, 0.2) is 6.61 Å². The Labute approximate surface area is 110 Å². The molecule has 0 aliphatic heterocycles. The highest BCUT2D eigenvalue weighted by atomic mass is 127. The number of terminal acetylenes is 1. The molecule has 1 aromatic rings. The fourth-order valence-corrected chi connectivity index (χ4v) is 1.55. The molecule has 0 fully saturated rings. The minimum Gasteiger partial charge on any atom is -0.436 e. The first-order valence-corrected chi connectivity index (χ1v) is 5.83. The van der Waals surface area contributed by atoms with Crippen LogP contribution < -0.4 is 5.32 Å². The molecule has 1 amide bonds. The van der Waals surface area contributed by atoms with Gasteiger partial charge in [-0.1, -0.05) is 5.92 Å². The van der Waals surface area contributed by atoms with E-state index in [0.29, 0.717) is 5.69 Å². The molecule has 0 unspecified atom stereocenters. The molecule has 0 spiro atoms. The molecule has 0 saturated carbocycles. The fourth-order valence-electron chi connectivity index (χ4n) is 0.835. The standard InChI is InChI=1S/C10H7BrINO2/c1-2-5-15-10(14)13-7-3-4-9(12)8(11)6-7/h1,3-4,6H,5H2,(H,13,14). The summed E-state index contributed by atoms with van der Waals surface area (Å²) in [4.78, 5) is 11.1. The van der Waals surface area contributed by atoms with Gasteiger partial charge in [0.2, 0.25) is 0 Å². The number of carbonyl (C=O) groups is 1. The monoisotopic (exact) mass is 379 g/mol. The maximum absolute atomic E-state index is 11.1. The summed E-state index contributed by atoms with van der Waals surface area (Å²) in [6.45, 7) is -0.0304. The summed E-state index contributed by atoms with van der Waals surface area (Å²) in [5, 5.41) is 2.55. The summed E-state index contributed by atoms with van der Waals surface area (Å²) in [7, 11) is 0. The predicted molar refractivity (Wildman–Crippen MR) is 70.7 cm³/mol. The summed E-state index contributed by atoms with van der Waals surface area (Å²) in [6, 6.07) is 5.45. The van der Waals surface area contributed by atoms with E-state index in [4.69, 9.17) is 6.42 Å². The van der Waals surface area contributed by atoms with E-state index < -0.39 is 6.09 Å². The maximum atomic E-state index is 11.1. The highest BCUT2D eigenvalue weighted by Crippen LogP contribution is 2.22. The van der Waals surface area contributed by atoms with Gasteiger partial charge in [-0.05, 0) is 56.7 Å². The number of rotatable bonds is 2. The van der Waals surface area contributed by atoms with Crippen LogP contribution in [0, 0.1) is 15.9 Å². The van der Waals surface area contributed by atoms with Gasteiger partial charge in [-0.15, -0.1) is 6.42 Å². The number of amides is 1. The van der Waals surface area contributed by atoms with Crippen LogP contribution >= 0.6 is 38.5 Å². The maximum Gasteiger partial charge on any atom is 0.412 e. The lowest BCUT2D eigenvalue weighted by Crippen LogP contribution is -2.13. The first kappa shape index (κ1) is 12.3. The zero-order chi connectivity index (χ0) is 11.3. The second-order valence-corrected chi connectivity index (χ2v) is 4.55. The lowest BCUT2D eigenvalue weighted by molar-refractivity contribution is 0.176. The highest BCUT2D eigenvalue weighted by Gasteiger charge is 2.03. The van der Waals surface area contributed by atoms with Gasteiger partial charge in [-0.25, -0.2) is 4.79 Å². The lowest BCUT2D eigenvalue weighted by Gasteiger charge is -2.05. The van der Waals surface area contributed by atoms with Crippen molar-refractivity contribution in [3.8, 4) is 12.3 Å². The van der Waals surface area contributed by atoms with Crippen LogP contribution in [0.1, 0.15) is 0 Å². The van der Waals surface area contributed by atoms with Crippen molar-refractivity contribution in [2.24, 2.45) is 0 Å². The average Bonchev–Trinajstić information content (AvgIpc) is 2.20. The van der Waals surface area contributed by atoms with Crippen LogP contribution in [0.15, 0.2) is 22.7 Å². The Hall–Kier alpha value is -0.740. The fraction of sp³-hybridized carbons (Fsp3) is 0.100. The first-order chi connectivity index (χ1) is 7.13. The Balaban J connectivity index is 2.62. The number of benzene rings is 1. The van der Waals surface area contributed by atoms with E-state index in [1.807, 2.05) is 6.07 Å². The number of hydrogen-bond acceptors (Lipinski definition) is 2. The van der Waals surface area contributed by atoms with E-state index in [0.717, 1.165) is 8.04 Å². The van der Waals surface area contributed by atoms with E-state index in [1.165, 1.54) is 0 Å². The summed E-state index contributed by atoms with van der Waals surface area (Å²) < 4.78 is 6.64. The van der Waals surface area contributed by atoms with Gasteiger partial charge >= 0.3 is 6.09 Å². The van der Waals surface area contributed by atoms with Gasteiger partial charge in [0, 0.05) is 13.7 Å². The SMILES string of the molecule is C#CCOC(=O)Nc1ccc(I)c(Br)c1. The molecule has 0 bridgehead atoms. The van der Waals surface area contributed by atoms with Gasteiger partial charge in [0.25, 0.3) is 0 Å². The van der Waals surface area contributed by atoms with Crippen LogP contribution in [0.25, 0.3) is 0 Å². The molecule has 0 atom stereocenters. The van der Waals surface area contributed by atoms with Gasteiger partial charge in [-0.2, -0.15) is 0 Å². The number of nitrogens with one attached hydrogen (secondary N) is 1. The molecule has 5 heteroatoms. The van der Waals surface area contributed by atoms with Crippen molar-refractivity contribution in [3.05, 3.63) is 26.2 Å². The average molecular weight is 380 g/mol. The number of anilines is 1. The van der Waals surface area contributed by atoms with Crippen molar-refractivity contribution >= 4 is 50.3 Å². The van der Waals surface area contributed by atoms with Gasteiger partial charge in [-0.3, -0.25) is 5.32 Å². The Bertz CT molecular complexity index is 414. The van der Waals surface area contributed by atoms with Crippen molar-refractivity contribution in [1.82, 2.24) is 0 Å². The molecule has 0 saturated heterocycles. The van der Waals surface area contributed by atoms with Crippen LogP contribution in [0.5, 0.6) is 0 Å². The lowest BCUT2D eigenvalue weighted by atomic mass is 10.3. The molecule has 78 valence electrons. The molecule has 1 aromatic carbocycles. The van der Waals surface area contributed by atoms with Crippen LogP contribution in [-0.4, -0.2) is 12.7 Å². The summed E-state index contributed by atoms with van der Waals surface area (Å²) in [5.41, 5.74) is 0.657. The Morgan fingerprint density at radius 2 is 2.40 bits per heavy atom. The third-order valence-electron chi connectivity index (χ3n) is 1.45. The molecule has 1 N–H and O–H groups in total. The molecule has 0 aromatic heterocycles. The largest absolute Gasteiger partial charge is 0.436 e. The van der Waals surface area contributed by atoms with Gasteiger partial charge in [0.1, 0.15) is 0 Å². The molecule has 0 heterocycles. The minimum absolute atomic E-state index is 0.0304. The molecular weight excluding hydrogens is 373 g/mol. The van der Waals surface area contributed by atoms with Crippen molar-refractivity contribution in [1.29, 1.82) is 0 Å². The van der Waals surface area contributed by atoms with Crippen molar-refractivity contribution < 1.29 is 9.53 Å². The molecule has 0 aliphatic carbocycles.